The lowest BCUT2D eigenvalue weighted by Gasteiger charge is -2.21. The summed E-state index contributed by atoms with van der Waals surface area (Å²) in [5.41, 5.74) is 5.37. The smallest absolute Gasteiger partial charge is 0.163 e. The van der Waals surface area contributed by atoms with Crippen LogP contribution in [0.15, 0.2) is 30.3 Å². The maximum atomic E-state index is 10.2. The van der Waals surface area contributed by atoms with Crippen LogP contribution in [0.25, 0.3) is 5.57 Å². The zero-order valence-corrected chi connectivity index (χ0v) is 14.5. The van der Waals surface area contributed by atoms with Crippen LogP contribution in [0.2, 0.25) is 0 Å². The van der Waals surface area contributed by atoms with E-state index in [9.17, 15) is 5.11 Å². The van der Waals surface area contributed by atoms with Crippen LogP contribution in [0.1, 0.15) is 28.7 Å². The van der Waals surface area contributed by atoms with E-state index in [1.165, 1.54) is 5.56 Å². The normalized spacial score (nSPS) is 13.1. The highest BCUT2D eigenvalue weighted by molar-refractivity contribution is 5.85. The molecule has 3 rings (SSSR count). The predicted octanol–water partition coefficient (Wildman–Crippen LogP) is 4.10. The molecule has 0 amide bonds. The van der Waals surface area contributed by atoms with E-state index < -0.39 is 0 Å². The molecule has 1 aliphatic rings. The highest BCUT2D eigenvalue weighted by atomic mass is 16.5. The van der Waals surface area contributed by atoms with E-state index in [-0.39, 0.29) is 5.75 Å². The van der Waals surface area contributed by atoms with Crippen LogP contribution in [0.5, 0.6) is 23.0 Å². The number of aryl methyl sites for hydroxylation is 2. The number of hydrogen-bond donors (Lipinski definition) is 1. The number of allylic oxidation sites excluding steroid dienone is 1. The topological polar surface area (TPSA) is 47.9 Å². The molecule has 0 atom stereocenters. The maximum absolute atomic E-state index is 10.2. The number of aromatic hydroxyl groups is 1. The molecule has 0 bridgehead atoms. The summed E-state index contributed by atoms with van der Waals surface area (Å²) in [6.45, 7) is 2.00. The van der Waals surface area contributed by atoms with Crippen molar-refractivity contribution in [1.29, 1.82) is 0 Å². The summed E-state index contributed by atoms with van der Waals surface area (Å²) in [6.07, 6.45) is 4.08. The summed E-state index contributed by atoms with van der Waals surface area (Å²) in [5.74, 6) is 2.12. The quantitative estimate of drug-likeness (QED) is 0.919. The van der Waals surface area contributed by atoms with Crippen LogP contribution in [0.3, 0.4) is 0 Å². The molecule has 0 saturated heterocycles. The van der Waals surface area contributed by atoms with E-state index in [0.29, 0.717) is 11.5 Å². The number of rotatable bonds is 4. The first-order valence-corrected chi connectivity index (χ1v) is 7.92. The third-order valence-electron chi connectivity index (χ3n) is 4.43. The van der Waals surface area contributed by atoms with Gasteiger partial charge in [-0.1, -0.05) is 6.08 Å². The molecule has 0 unspecified atom stereocenters. The van der Waals surface area contributed by atoms with Crippen LogP contribution in [0.4, 0.5) is 0 Å². The number of methoxy groups -OCH3 is 3. The summed E-state index contributed by atoms with van der Waals surface area (Å²) >= 11 is 0. The van der Waals surface area contributed by atoms with Crippen molar-refractivity contribution in [2.24, 2.45) is 0 Å². The summed E-state index contributed by atoms with van der Waals surface area (Å²) in [5, 5.41) is 10.2. The van der Waals surface area contributed by atoms with Crippen molar-refractivity contribution in [1.82, 2.24) is 0 Å². The average Bonchev–Trinajstić information content (AvgIpc) is 2.59. The van der Waals surface area contributed by atoms with E-state index in [2.05, 4.69) is 12.1 Å². The molecular formula is C20H22O4. The molecule has 4 heteroatoms. The van der Waals surface area contributed by atoms with Gasteiger partial charge < -0.3 is 19.3 Å². The number of hydrogen-bond acceptors (Lipinski definition) is 4. The van der Waals surface area contributed by atoms with Crippen molar-refractivity contribution in [3.8, 4) is 23.0 Å². The number of benzene rings is 2. The largest absolute Gasteiger partial charge is 0.504 e. The Morgan fingerprint density at radius 1 is 0.917 bits per heavy atom. The third-order valence-corrected chi connectivity index (χ3v) is 4.43. The van der Waals surface area contributed by atoms with Crippen LogP contribution >= 0.6 is 0 Å². The molecule has 0 fully saturated rings. The fourth-order valence-corrected chi connectivity index (χ4v) is 3.30. The van der Waals surface area contributed by atoms with Gasteiger partial charge >= 0.3 is 0 Å². The van der Waals surface area contributed by atoms with E-state index in [0.717, 1.165) is 40.9 Å². The Balaban J connectivity index is 2.14. The molecule has 0 saturated carbocycles. The Hall–Kier alpha value is -2.62. The maximum Gasteiger partial charge on any atom is 0.163 e. The summed E-state index contributed by atoms with van der Waals surface area (Å²) in [7, 11) is 4.85. The minimum Gasteiger partial charge on any atom is -0.504 e. The average molecular weight is 326 g/mol. The summed E-state index contributed by atoms with van der Waals surface area (Å²) < 4.78 is 16.1. The van der Waals surface area contributed by atoms with Crippen molar-refractivity contribution in [3.63, 3.8) is 0 Å². The van der Waals surface area contributed by atoms with Gasteiger partial charge in [-0.3, -0.25) is 0 Å². The fourth-order valence-electron chi connectivity index (χ4n) is 3.30. The van der Waals surface area contributed by atoms with Crippen molar-refractivity contribution < 1.29 is 19.3 Å². The number of phenolic OH excluding ortho intramolecular Hbond substituents is 1. The number of ether oxygens (including phenoxy) is 3. The third kappa shape index (κ3) is 2.68. The van der Waals surface area contributed by atoms with E-state index in [1.807, 2.05) is 19.1 Å². The second-order valence-electron chi connectivity index (χ2n) is 5.87. The minimum atomic E-state index is 0.154. The standard InChI is InChI=1S/C20H22O4/c1-12-8-14(10-19(23-3)20(12)24-4)15-7-5-6-13-9-18(22-2)17(21)11-16(13)15/h7-11,21H,5-6H2,1-4H3. The monoisotopic (exact) mass is 326 g/mol. The molecule has 4 nitrogen and oxygen atoms in total. The van der Waals surface area contributed by atoms with Crippen molar-refractivity contribution in [2.45, 2.75) is 19.8 Å². The molecule has 0 heterocycles. The molecule has 2 aromatic carbocycles. The van der Waals surface area contributed by atoms with Crippen LogP contribution < -0.4 is 14.2 Å². The molecule has 24 heavy (non-hydrogen) atoms. The molecule has 0 radical (unpaired) electrons. The molecule has 1 N–H and O–H groups in total. The lowest BCUT2D eigenvalue weighted by Crippen LogP contribution is -2.03. The van der Waals surface area contributed by atoms with Crippen molar-refractivity contribution in [2.75, 3.05) is 21.3 Å². The SMILES string of the molecule is COc1cc2c(cc1O)C(c1cc(C)c(OC)c(OC)c1)=CCC2. The second-order valence-corrected chi connectivity index (χ2v) is 5.87. The number of phenols is 1. The summed E-state index contributed by atoms with van der Waals surface area (Å²) in [4.78, 5) is 0. The first kappa shape index (κ1) is 16.2. The fraction of sp³-hybridized carbons (Fsp3) is 0.300. The predicted molar refractivity (Wildman–Crippen MR) is 94.3 cm³/mol. The second kappa shape index (κ2) is 6.48. The van der Waals surface area contributed by atoms with Gasteiger partial charge in [0.05, 0.1) is 21.3 Å². The first-order valence-electron chi connectivity index (χ1n) is 7.92. The van der Waals surface area contributed by atoms with E-state index >= 15 is 0 Å². The van der Waals surface area contributed by atoms with Crippen molar-refractivity contribution >= 4 is 5.57 Å². The molecule has 0 aromatic heterocycles. The van der Waals surface area contributed by atoms with Crippen molar-refractivity contribution in [3.05, 3.63) is 52.6 Å². The summed E-state index contributed by atoms with van der Waals surface area (Å²) in [6, 6.07) is 7.77. The zero-order chi connectivity index (χ0) is 17.3. The van der Waals surface area contributed by atoms with Crippen LogP contribution in [-0.2, 0) is 6.42 Å². The highest BCUT2D eigenvalue weighted by Gasteiger charge is 2.20. The van der Waals surface area contributed by atoms with E-state index in [1.54, 1.807) is 27.4 Å². The zero-order valence-electron chi connectivity index (χ0n) is 14.5. The molecule has 0 aliphatic heterocycles. The molecule has 0 spiro atoms. The lowest BCUT2D eigenvalue weighted by molar-refractivity contribution is 0.353. The molecule has 2 aromatic rings. The van der Waals surface area contributed by atoms with Crippen LogP contribution in [0, 0.1) is 6.92 Å². The molecule has 126 valence electrons. The van der Waals surface area contributed by atoms with Crippen LogP contribution in [-0.4, -0.2) is 26.4 Å². The van der Waals surface area contributed by atoms with Gasteiger partial charge in [0, 0.05) is 0 Å². The Kier molecular flexibility index (Phi) is 4.38. The first-order chi connectivity index (χ1) is 11.6. The lowest BCUT2D eigenvalue weighted by atomic mass is 9.86. The van der Waals surface area contributed by atoms with Gasteiger partial charge in [0.15, 0.2) is 23.0 Å². The Morgan fingerprint density at radius 3 is 2.33 bits per heavy atom. The van der Waals surface area contributed by atoms with Gasteiger partial charge in [0.1, 0.15) is 0 Å². The van der Waals surface area contributed by atoms with Gasteiger partial charge in [0.25, 0.3) is 0 Å². The highest BCUT2D eigenvalue weighted by Crippen LogP contribution is 2.41. The van der Waals surface area contributed by atoms with Gasteiger partial charge in [-0.05, 0) is 71.9 Å². The Morgan fingerprint density at radius 2 is 1.67 bits per heavy atom. The van der Waals surface area contributed by atoms with Gasteiger partial charge in [-0.2, -0.15) is 0 Å². The molecular weight excluding hydrogens is 304 g/mol. The Labute approximate surface area is 142 Å². The number of fused-ring (bicyclic) bond motifs is 1. The van der Waals surface area contributed by atoms with Gasteiger partial charge in [-0.25, -0.2) is 0 Å². The van der Waals surface area contributed by atoms with E-state index in [4.69, 9.17) is 14.2 Å². The van der Waals surface area contributed by atoms with Gasteiger partial charge in [0.2, 0.25) is 0 Å². The Bertz CT molecular complexity index is 806. The van der Waals surface area contributed by atoms with Gasteiger partial charge in [-0.15, -0.1) is 0 Å². The molecule has 1 aliphatic carbocycles. The minimum absolute atomic E-state index is 0.154.